The van der Waals surface area contributed by atoms with Crippen LogP contribution in [-0.4, -0.2) is 63.0 Å². The van der Waals surface area contributed by atoms with Crippen molar-refractivity contribution in [3.63, 3.8) is 0 Å². The van der Waals surface area contributed by atoms with E-state index in [1.54, 1.807) is 24.5 Å². The van der Waals surface area contributed by atoms with Gasteiger partial charge in [-0.05, 0) is 57.6 Å². The molecule has 2 saturated heterocycles. The van der Waals surface area contributed by atoms with E-state index in [1.807, 2.05) is 11.8 Å². The van der Waals surface area contributed by atoms with E-state index in [0.717, 1.165) is 6.42 Å². The Morgan fingerprint density at radius 3 is 2.62 bits per heavy atom. The number of piperidine rings is 1. The summed E-state index contributed by atoms with van der Waals surface area (Å²) in [4.78, 5) is 54.1. The number of thioether (sulfide) groups is 1. The highest BCUT2D eigenvalue weighted by Crippen LogP contribution is 2.37. The molecular formula is C28H36N4O6S2. The van der Waals surface area contributed by atoms with Gasteiger partial charge in [0.25, 0.3) is 11.5 Å². The average molecular weight is 589 g/mol. The van der Waals surface area contributed by atoms with Crippen molar-refractivity contribution in [2.24, 2.45) is 5.92 Å². The van der Waals surface area contributed by atoms with Gasteiger partial charge in [-0.3, -0.25) is 28.6 Å². The monoisotopic (exact) mass is 588 g/mol. The predicted molar refractivity (Wildman–Crippen MR) is 158 cm³/mol. The summed E-state index contributed by atoms with van der Waals surface area (Å²) >= 11 is 6.66. The molecule has 2 aliphatic heterocycles. The molecule has 1 N–H and O–H groups in total. The molecule has 1 atom stereocenters. The number of aromatic nitrogens is 1. The summed E-state index contributed by atoms with van der Waals surface area (Å²) in [5.41, 5.74) is 0.709. The third-order valence-corrected chi connectivity index (χ3v) is 8.43. The molecular weight excluding hydrogens is 552 g/mol. The lowest BCUT2D eigenvalue weighted by Gasteiger charge is -2.36. The molecule has 1 unspecified atom stereocenters. The zero-order valence-corrected chi connectivity index (χ0v) is 24.9. The minimum Gasteiger partial charge on any atom is -0.481 e. The Morgan fingerprint density at radius 1 is 1.23 bits per heavy atom. The van der Waals surface area contributed by atoms with Crippen molar-refractivity contribution < 1.29 is 24.2 Å². The fraction of sp³-hybridized carbons (Fsp3) is 0.571. The van der Waals surface area contributed by atoms with Crippen LogP contribution in [0, 0.1) is 24.2 Å². The van der Waals surface area contributed by atoms with Crippen LogP contribution in [0.4, 0.5) is 5.82 Å². The number of carbonyl (C=O) groups excluding carboxylic acids is 2. The summed E-state index contributed by atoms with van der Waals surface area (Å²) in [6, 6.07) is 2.05. The number of ether oxygens (including phenoxy) is 1. The Kier molecular flexibility index (Phi) is 11.3. The lowest BCUT2D eigenvalue weighted by atomic mass is 9.96. The number of esters is 1. The fourth-order valence-electron chi connectivity index (χ4n) is 5.08. The number of aliphatic carboxylic acids is 1. The van der Waals surface area contributed by atoms with E-state index < -0.39 is 5.97 Å². The smallest absolute Gasteiger partial charge is 0.310 e. The first-order valence-electron chi connectivity index (χ1n) is 13.7. The molecule has 1 aromatic rings. The number of carboxylic acid groups (broad SMARTS) is 1. The highest BCUT2D eigenvalue weighted by atomic mass is 32.2. The number of amides is 1. The van der Waals surface area contributed by atoms with Gasteiger partial charge in [0.15, 0.2) is 0 Å². The number of unbranched alkanes of at least 4 members (excludes halogenated alkanes) is 2. The average Bonchev–Trinajstić information content (AvgIpc) is 3.19. The quantitative estimate of drug-likeness (QED) is 0.165. The van der Waals surface area contributed by atoms with Crippen molar-refractivity contribution >= 4 is 58.0 Å². The van der Waals surface area contributed by atoms with Gasteiger partial charge in [-0.1, -0.05) is 37.3 Å². The molecule has 2 aliphatic rings. The second kappa shape index (κ2) is 14.5. The first kappa shape index (κ1) is 31.4. The van der Waals surface area contributed by atoms with E-state index in [4.69, 9.17) is 22.1 Å². The summed E-state index contributed by atoms with van der Waals surface area (Å²) in [6.07, 6.45) is 5.68. The van der Waals surface area contributed by atoms with Gasteiger partial charge >= 0.3 is 11.9 Å². The molecule has 10 nitrogen and oxygen atoms in total. The lowest BCUT2D eigenvalue weighted by molar-refractivity contribution is -0.148. The highest BCUT2D eigenvalue weighted by Gasteiger charge is 2.34. The maximum atomic E-state index is 13.4. The number of hydrogen-bond acceptors (Lipinski definition) is 9. The number of thiocarbonyl (C=S) groups is 1. The highest BCUT2D eigenvalue weighted by molar-refractivity contribution is 8.26. The van der Waals surface area contributed by atoms with E-state index in [0.29, 0.717) is 91.1 Å². The molecule has 2 fully saturated rings. The number of pyridine rings is 1. The van der Waals surface area contributed by atoms with Gasteiger partial charge in [-0.2, -0.15) is 5.26 Å². The van der Waals surface area contributed by atoms with Crippen LogP contribution in [0.2, 0.25) is 0 Å². The van der Waals surface area contributed by atoms with Crippen LogP contribution in [0.5, 0.6) is 0 Å². The van der Waals surface area contributed by atoms with Crippen molar-refractivity contribution in [3.05, 3.63) is 31.9 Å². The van der Waals surface area contributed by atoms with Gasteiger partial charge < -0.3 is 14.7 Å². The number of carbonyl (C=O) groups is 3. The SMILES string of the molecule is CCCn1c(N2CCCC(C(=O)OCC)C2)c(/C=C2/SC(=S)N(CCCCCC(=O)O)C2=O)c(C)c(C#N)c1=O. The van der Waals surface area contributed by atoms with Crippen LogP contribution in [0.3, 0.4) is 0 Å². The molecule has 0 saturated carbocycles. The first-order chi connectivity index (χ1) is 19.1. The van der Waals surface area contributed by atoms with Crippen LogP contribution < -0.4 is 10.5 Å². The summed E-state index contributed by atoms with van der Waals surface area (Å²) in [6.45, 7) is 7.46. The molecule has 12 heteroatoms. The molecule has 0 aliphatic carbocycles. The third-order valence-electron chi connectivity index (χ3n) is 7.06. The molecule has 1 aromatic heterocycles. The predicted octanol–water partition coefficient (Wildman–Crippen LogP) is 4.06. The lowest BCUT2D eigenvalue weighted by Crippen LogP contribution is -2.43. The number of carboxylic acids is 1. The molecule has 3 rings (SSSR count). The summed E-state index contributed by atoms with van der Waals surface area (Å²) in [5.74, 6) is -1.12. The number of nitrogens with zero attached hydrogens (tertiary/aromatic N) is 4. The number of nitriles is 1. The molecule has 0 spiro atoms. The van der Waals surface area contributed by atoms with Crippen molar-refractivity contribution in [3.8, 4) is 6.07 Å². The maximum Gasteiger partial charge on any atom is 0.310 e. The van der Waals surface area contributed by atoms with Crippen molar-refractivity contribution in [2.75, 3.05) is 31.1 Å². The van der Waals surface area contributed by atoms with E-state index in [9.17, 15) is 24.4 Å². The van der Waals surface area contributed by atoms with Crippen molar-refractivity contribution in [2.45, 2.75) is 72.3 Å². The van der Waals surface area contributed by atoms with E-state index in [2.05, 4.69) is 6.07 Å². The summed E-state index contributed by atoms with van der Waals surface area (Å²) in [7, 11) is 0. The zero-order valence-electron chi connectivity index (χ0n) is 23.2. The number of rotatable bonds is 12. The Hall–Kier alpha value is -3.17. The maximum absolute atomic E-state index is 13.4. The van der Waals surface area contributed by atoms with Gasteiger partial charge in [-0.15, -0.1) is 0 Å². The van der Waals surface area contributed by atoms with Crippen LogP contribution in [0.15, 0.2) is 9.70 Å². The van der Waals surface area contributed by atoms with E-state index in [-0.39, 0.29) is 35.3 Å². The normalized spacial score (nSPS) is 18.4. The Labute approximate surface area is 244 Å². The number of anilines is 1. The van der Waals surface area contributed by atoms with Gasteiger partial charge in [0.1, 0.15) is 21.8 Å². The molecule has 1 amide bonds. The summed E-state index contributed by atoms with van der Waals surface area (Å²) in [5, 5.41) is 18.7. The molecule has 3 heterocycles. The molecule has 0 radical (unpaired) electrons. The zero-order chi connectivity index (χ0) is 29.4. The second-order valence-corrected chi connectivity index (χ2v) is 11.6. The molecule has 40 heavy (non-hydrogen) atoms. The largest absolute Gasteiger partial charge is 0.481 e. The van der Waals surface area contributed by atoms with Crippen LogP contribution >= 0.6 is 24.0 Å². The van der Waals surface area contributed by atoms with Crippen molar-refractivity contribution in [1.82, 2.24) is 9.47 Å². The molecule has 0 aromatic carbocycles. The topological polar surface area (TPSA) is 133 Å². The second-order valence-electron chi connectivity index (χ2n) is 9.88. The van der Waals surface area contributed by atoms with Crippen LogP contribution in [0.1, 0.15) is 75.5 Å². The number of hydrogen-bond donors (Lipinski definition) is 1. The van der Waals surface area contributed by atoms with Gasteiger partial charge in [-0.25, -0.2) is 0 Å². The van der Waals surface area contributed by atoms with Crippen LogP contribution in [0.25, 0.3) is 6.08 Å². The molecule has 0 bridgehead atoms. The Balaban J connectivity index is 2.02. The third kappa shape index (κ3) is 7.12. The van der Waals surface area contributed by atoms with Crippen molar-refractivity contribution in [1.29, 1.82) is 5.26 Å². The summed E-state index contributed by atoms with van der Waals surface area (Å²) < 4.78 is 7.28. The van der Waals surface area contributed by atoms with E-state index in [1.165, 1.54) is 16.7 Å². The molecule has 216 valence electrons. The Bertz CT molecular complexity index is 1300. The van der Waals surface area contributed by atoms with E-state index >= 15 is 0 Å². The first-order valence-corrected chi connectivity index (χ1v) is 14.9. The standard InChI is InChI=1S/C28H36N4O6S2/c1-4-12-31-24(30-13-9-10-19(17-30)27(37)38-5-2)20(18(3)21(16-29)25(31)35)15-22-26(36)32(28(39)40-22)14-8-6-7-11-23(33)34/h15,19H,4-14,17H2,1-3H3,(H,33,34)/b22-15+. The van der Waals surface area contributed by atoms with Gasteiger partial charge in [0.2, 0.25) is 0 Å². The fourth-order valence-corrected chi connectivity index (χ4v) is 6.38. The van der Waals surface area contributed by atoms with Crippen LogP contribution in [-0.2, 0) is 25.7 Å². The van der Waals surface area contributed by atoms with Gasteiger partial charge in [0, 0.05) is 38.2 Å². The minimum absolute atomic E-state index is 0.0244. The Morgan fingerprint density at radius 2 is 1.98 bits per heavy atom. The van der Waals surface area contributed by atoms with Gasteiger partial charge in [0.05, 0.1) is 17.4 Å². The minimum atomic E-state index is -0.844.